The Labute approximate surface area is 434 Å². The van der Waals surface area contributed by atoms with Crippen molar-refractivity contribution in [3.8, 4) is 0 Å². The third-order valence-corrected chi connectivity index (χ3v) is 13.9. The van der Waals surface area contributed by atoms with Crippen LogP contribution in [0.15, 0.2) is 24.3 Å². The number of aliphatic hydroxyl groups excluding tert-OH is 7. The van der Waals surface area contributed by atoms with Crippen molar-refractivity contribution >= 4 is 11.9 Å². The Bertz CT molecular complexity index is 1350. The van der Waals surface area contributed by atoms with Gasteiger partial charge in [0.15, 0.2) is 18.7 Å². The van der Waals surface area contributed by atoms with Gasteiger partial charge in [0.05, 0.1) is 19.8 Å². The maximum absolute atomic E-state index is 13.1. The molecule has 2 heterocycles. The van der Waals surface area contributed by atoms with Crippen molar-refractivity contribution in [3.05, 3.63) is 24.3 Å². The fourth-order valence-electron chi connectivity index (χ4n) is 9.17. The molecule has 72 heavy (non-hydrogen) atoms. The Morgan fingerprint density at radius 1 is 0.431 bits per heavy atom. The largest absolute Gasteiger partial charge is 0.462 e. The standard InChI is InChI=1S/C57H104O15/c1-3-5-7-9-11-13-15-17-19-20-21-22-23-24-26-28-30-32-34-36-38-40-49(60)70-45(42-67-48(59)39-37-35-33-31-29-27-25-18-16-14-12-10-8-6-4-2)43-68-56-55(66)53(64)51(62)47(72-56)44-69-57-54(65)52(63)50(61)46(41-58)71-57/h17,19,33,35,45-47,50-58,61-66H,3-16,18,20-32,34,36-44H2,1-2H3/b19-17+,35-33+/t45-,46+,47+,50-,51-,52?,53?,54?,55?,56+,57+/m1/s1. The van der Waals surface area contributed by atoms with Crippen LogP contribution in [0.2, 0.25) is 0 Å². The molecule has 2 aliphatic heterocycles. The van der Waals surface area contributed by atoms with Crippen molar-refractivity contribution in [3.63, 3.8) is 0 Å². The summed E-state index contributed by atoms with van der Waals surface area (Å²) in [4.78, 5) is 25.8. The Kier molecular flexibility index (Phi) is 40.5. The Hall–Kier alpha value is -2.02. The van der Waals surface area contributed by atoms with Gasteiger partial charge in [0.1, 0.15) is 55.4 Å². The zero-order chi connectivity index (χ0) is 52.4. The molecular formula is C57H104O15. The summed E-state index contributed by atoms with van der Waals surface area (Å²) in [7, 11) is 0. The van der Waals surface area contributed by atoms with Crippen LogP contribution in [0.1, 0.15) is 232 Å². The molecule has 2 rings (SSSR count). The SMILES string of the molecule is CCCCCCCC/C=C/CCCCCCCCCCCCCC(=O)O[C@H](COC(=O)CC/C=C/CCCCCCCCCCCCC)CO[C@H]1O[C@@H](CO[C@H]2O[C@@H](CO)[C@@H](O)C(O)C2O)[C@@H](O)C(O)C1O. The fourth-order valence-corrected chi connectivity index (χ4v) is 9.17. The lowest BCUT2D eigenvalue weighted by atomic mass is 9.98. The summed E-state index contributed by atoms with van der Waals surface area (Å²) in [5.74, 6) is -0.972. The number of carbonyl (C=O) groups excluding carboxylic acids is 2. The average Bonchev–Trinajstić information content (AvgIpc) is 3.37. The lowest BCUT2D eigenvalue weighted by Crippen LogP contribution is -2.61. The summed E-state index contributed by atoms with van der Waals surface area (Å²) in [5, 5.41) is 72.2. The van der Waals surface area contributed by atoms with Crippen LogP contribution >= 0.6 is 0 Å². The van der Waals surface area contributed by atoms with E-state index in [9.17, 15) is 45.3 Å². The molecule has 422 valence electrons. The summed E-state index contributed by atoms with van der Waals surface area (Å²) in [6.07, 6.45) is 30.7. The summed E-state index contributed by atoms with van der Waals surface area (Å²) in [6.45, 7) is 2.58. The van der Waals surface area contributed by atoms with E-state index in [1.807, 2.05) is 6.08 Å². The molecule has 0 radical (unpaired) electrons. The van der Waals surface area contributed by atoms with Gasteiger partial charge in [0.2, 0.25) is 0 Å². The van der Waals surface area contributed by atoms with Crippen LogP contribution in [0.25, 0.3) is 0 Å². The zero-order valence-electron chi connectivity index (χ0n) is 44.9. The van der Waals surface area contributed by atoms with Crippen LogP contribution < -0.4 is 0 Å². The van der Waals surface area contributed by atoms with E-state index >= 15 is 0 Å². The number of unbranched alkanes of at least 4 members (excludes halogenated alkanes) is 28. The normalized spacial score (nSPS) is 25.1. The van der Waals surface area contributed by atoms with Gasteiger partial charge < -0.3 is 64.2 Å². The van der Waals surface area contributed by atoms with Crippen LogP contribution in [0.5, 0.6) is 0 Å². The second-order valence-electron chi connectivity index (χ2n) is 20.5. The van der Waals surface area contributed by atoms with Crippen LogP contribution in [0.4, 0.5) is 0 Å². The fraction of sp³-hybridized carbons (Fsp3) is 0.895. The minimum Gasteiger partial charge on any atom is -0.462 e. The topological polar surface area (TPSA) is 231 Å². The van der Waals surface area contributed by atoms with Crippen molar-refractivity contribution in [2.24, 2.45) is 0 Å². The molecular weight excluding hydrogens is 925 g/mol. The molecule has 2 fully saturated rings. The minimum absolute atomic E-state index is 0.137. The van der Waals surface area contributed by atoms with E-state index in [1.165, 1.54) is 161 Å². The minimum atomic E-state index is -1.77. The molecule has 0 aliphatic carbocycles. The zero-order valence-corrected chi connectivity index (χ0v) is 44.9. The van der Waals surface area contributed by atoms with Gasteiger partial charge in [-0.2, -0.15) is 0 Å². The Morgan fingerprint density at radius 2 is 0.819 bits per heavy atom. The number of esters is 2. The van der Waals surface area contributed by atoms with Gasteiger partial charge in [0, 0.05) is 12.8 Å². The predicted octanol–water partition coefficient (Wildman–Crippen LogP) is 9.50. The van der Waals surface area contributed by atoms with Gasteiger partial charge in [0.25, 0.3) is 0 Å². The quantitative estimate of drug-likeness (QED) is 0.0171. The van der Waals surface area contributed by atoms with Crippen molar-refractivity contribution in [1.29, 1.82) is 0 Å². The highest BCUT2D eigenvalue weighted by Gasteiger charge is 2.47. The Morgan fingerprint density at radius 3 is 1.28 bits per heavy atom. The summed E-state index contributed by atoms with van der Waals surface area (Å²) < 4.78 is 33.6. The monoisotopic (exact) mass is 1030 g/mol. The highest BCUT2D eigenvalue weighted by Crippen LogP contribution is 2.27. The van der Waals surface area contributed by atoms with Gasteiger partial charge in [-0.3, -0.25) is 9.59 Å². The van der Waals surface area contributed by atoms with E-state index in [-0.39, 0.29) is 26.1 Å². The van der Waals surface area contributed by atoms with Crippen molar-refractivity contribution in [1.82, 2.24) is 0 Å². The molecule has 0 spiro atoms. The summed E-state index contributed by atoms with van der Waals surface area (Å²) in [6, 6.07) is 0. The first kappa shape index (κ1) is 66.1. The van der Waals surface area contributed by atoms with Crippen molar-refractivity contribution in [2.45, 2.75) is 300 Å². The molecule has 2 saturated heterocycles. The van der Waals surface area contributed by atoms with Gasteiger partial charge in [-0.25, -0.2) is 0 Å². The first-order valence-corrected chi connectivity index (χ1v) is 28.9. The van der Waals surface area contributed by atoms with Crippen molar-refractivity contribution < 1.29 is 73.8 Å². The third kappa shape index (κ3) is 31.1. The van der Waals surface area contributed by atoms with Gasteiger partial charge in [-0.15, -0.1) is 0 Å². The molecule has 4 unspecified atom stereocenters. The second kappa shape index (κ2) is 44.1. The molecule has 0 aromatic rings. The van der Waals surface area contributed by atoms with E-state index in [0.29, 0.717) is 12.8 Å². The van der Waals surface area contributed by atoms with Crippen LogP contribution in [-0.2, 0) is 38.0 Å². The van der Waals surface area contributed by atoms with Crippen molar-refractivity contribution in [2.75, 3.05) is 26.4 Å². The number of allylic oxidation sites excluding steroid dienone is 4. The van der Waals surface area contributed by atoms with Crippen LogP contribution in [0.3, 0.4) is 0 Å². The maximum Gasteiger partial charge on any atom is 0.306 e. The first-order chi connectivity index (χ1) is 35.0. The van der Waals surface area contributed by atoms with E-state index < -0.39 is 92.7 Å². The van der Waals surface area contributed by atoms with Crippen LogP contribution in [0, 0.1) is 0 Å². The maximum atomic E-state index is 13.1. The molecule has 15 heteroatoms. The molecule has 0 aromatic carbocycles. The molecule has 11 atom stereocenters. The number of hydrogen-bond acceptors (Lipinski definition) is 15. The van der Waals surface area contributed by atoms with Gasteiger partial charge in [-0.05, 0) is 51.4 Å². The smallest absolute Gasteiger partial charge is 0.306 e. The summed E-state index contributed by atoms with van der Waals surface area (Å²) >= 11 is 0. The lowest BCUT2D eigenvalue weighted by molar-refractivity contribution is -0.332. The molecule has 0 saturated carbocycles. The Balaban J connectivity index is 1.76. The van der Waals surface area contributed by atoms with Crippen LogP contribution in [-0.4, -0.2) is 142 Å². The van der Waals surface area contributed by atoms with E-state index in [0.717, 1.165) is 32.1 Å². The van der Waals surface area contributed by atoms with E-state index in [1.54, 1.807) is 0 Å². The number of ether oxygens (including phenoxy) is 6. The highest BCUT2D eigenvalue weighted by molar-refractivity contribution is 5.70. The predicted molar refractivity (Wildman–Crippen MR) is 280 cm³/mol. The van der Waals surface area contributed by atoms with Gasteiger partial charge in [-0.1, -0.05) is 192 Å². The average molecular weight is 1030 g/mol. The lowest BCUT2D eigenvalue weighted by Gasteiger charge is -2.42. The highest BCUT2D eigenvalue weighted by atomic mass is 16.7. The third-order valence-electron chi connectivity index (χ3n) is 13.9. The van der Waals surface area contributed by atoms with Gasteiger partial charge >= 0.3 is 11.9 Å². The number of hydrogen-bond donors (Lipinski definition) is 7. The number of carbonyl (C=O) groups is 2. The molecule has 2 aliphatic rings. The summed E-state index contributed by atoms with van der Waals surface area (Å²) in [5.41, 5.74) is 0. The van der Waals surface area contributed by atoms with E-state index in [2.05, 4.69) is 32.1 Å². The molecule has 0 bridgehead atoms. The molecule has 0 amide bonds. The van der Waals surface area contributed by atoms with E-state index in [4.69, 9.17) is 28.4 Å². The number of aliphatic hydroxyl groups is 7. The molecule has 0 aromatic heterocycles. The first-order valence-electron chi connectivity index (χ1n) is 28.9. The molecule has 15 nitrogen and oxygen atoms in total. The number of rotatable bonds is 46. The second-order valence-corrected chi connectivity index (χ2v) is 20.5. The molecule has 7 N–H and O–H groups in total.